The minimum atomic E-state index is -0.550. The van der Waals surface area contributed by atoms with E-state index in [1.165, 1.54) is 0 Å². The fraction of sp³-hybridized carbons (Fsp3) is 0.211. The van der Waals surface area contributed by atoms with Crippen LogP contribution in [0.15, 0.2) is 61.6 Å². The van der Waals surface area contributed by atoms with Crippen LogP contribution in [-0.4, -0.2) is 22.2 Å². The second-order valence-corrected chi connectivity index (χ2v) is 7.88. The Kier molecular flexibility index (Phi) is 5.96. The Balaban J connectivity index is 1.85. The summed E-state index contributed by atoms with van der Waals surface area (Å²) in [7, 11) is 0. The zero-order valence-corrected chi connectivity index (χ0v) is 17.9. The Bertz CT molecular complexity index is 1030. The van der Waals surface area contributed by atoms with Gasteiger partial charge in [-0.05, 0) is 60.1 Å². The SMILES string of the molecule is CC(C)n1c(O)c(N=NC(=O)COc2ccccc2Br)c2cc(Br)ccc21. The van der Waals surface area contributed by atoms with E-state index in [-0.39, 0.29) is 24.2 Å². The van der Waals surface area contributed by atoms with Gasteiger partial charge in [-0.1, -0.05) is 28.1 Å². The van der Waals surface area contributed by atoms with Crippen molar-refractivity contribution in [1.29, 1.82) is 0 Å². The van der Waals surface area contributed by atoms with Gasteiger partial charge in [0.15, 0.2) is 12.3 Å². The monoisotopic (exact) mass is 493 g/mol. The lowest BCUT2D eigenvalue weighted by Crippen LogP contribution is -2.08. The molecule has 0 aliphatic rings. The smallest absolute Gasteiger partial charge is 0.302 e. The van der Waals surface area contributed by atoms with Crippen molar-refractivity contribution in [3.63, 3.8) is 0 Å². The van der Waals surface area contributed by atoms with E-state index in [2.05, 4.69) is 42.1 Å². The highest BCUT2D eigenvalue weighted by Crippen LogP contribution is 2.41. The van der Waals surface area contributed by atoms with Crippen LogP contribution in [-0.2, 0) is 4.79 Å². The summed E-state index contributed by atoms with van der Waals surface area (Å²) in [5, 5.41) is 19.0. The first-order valence-electron chi connectivity index (χ1n) is 8.22. The highest BCUT2D eigenvalue weighted by Gasteiger charge is 2.19. The lowest BCUT2D eigenvalue weighted by atomic mass is 10.2. The molecule has 140 valence electrons. The molecule has 0 atom stereocenters. The van der Waals surface area contributed by atoms with Crippen LogP contribution in [0.5, 0.6) is 11.6 Å². The molecule has 3 aromatic rings. The van der Waals surface area contributed by atoms with Gasteiger partial charge >= 0.3 is 5.91 Å². The third kappa shape index (κ3) is 4.22. The van der Waals surface area contributed by atoms with Gasteiger partial charge in [0, 0.05) is 15.9 Å². The van der Waals surface area contributed by atoms with Crippen molar-refractivity contribution >= 4 is 54.4 Å². The molecule has 2 aromatic carbocycles. The number of benzene rings is 2. The van der Waals surface area contributed by atoms with E-state index in [4.69, 9.17) is 4.74 Å². The standard InChI is InChI=1S/C19H17Br2N3O3/c1-11(2)24-15-8-7-12(20)9-13(15)18(19(24)26)23-22-17(25)10-27-16-6-4-3-5-14(16)21/h3-9,11,26H,10H2,1-2H3. The molecule has 0 aliphatic carbocycles. The number of amides is 1. The molecule has 1 aromatic heterocycles. The first kappa shape index (κ1) is 19.6. The zero-order valence-electron chi connectivity index (χ0n) is 14.7. The molecule has 6 nitrogen and oxygen atoms in total. The van der Waals surface area contributed by atoms with Crippen molar-refractivity contribution < 1.29 is 14.6 Å². The third-order valence-corrected chi connectivity index (χ3v) is 5.03. The molecule has 1 N–H and O–H groups in total. The summed E-state index contributed by atoms with van der Waals surface area (Å²) in [5.41, 5.74) is 1.07. The van der Waals surface area contributed by atoms with Gasteiger partial charge in [-0.15, -0.1) is 10.2 Å². The summed E-state index contributed by atoms with van der Waals surface area (Å²) in [6, 6.07) is 12.9. The van der Waals surface area contributed by atoms with Gasteiger partial charge in [-0.3, -0.25) is 4.79 Å². The Morgan fingerprint density at radius 1 is 1.22 bits per heavy atom. The first-order valence-corrected chi connectivity index (χ1v) is 9.81. The lowest BCUT2D eigenvalue weighted by molar-refractivity contribution is -0.120. The number of carbonyl (C=O) groups is 1. The molecule has 0 bridgehead atoms. The van der Waals surface area contributed by atoms with E-state index in [0.29, 0.717) is 11.1 Å². The Labute approximate surface area is 173 Å². The second kappa shape index (κ2) is 8.22. The van der Waals surface area contributed by atoms with Crippen LogP contribution >= 0.6 is 31.9 Å². The number of ether oxygens (including phenoxy) is 1. The van der Waals surface area contributed by atoms with Gasteiger partial charge in [0.05, 0.1) is 9.99 Å². The molecule has 3 rings (SSSR count). The number of aromatic hydroxyl groups is 1. The number of azo groups is 1. The van der Waals surface area contributed by atoms with Crippen LogP contribution in [0.25, 0.3) is 10.9 Å². The lowest BCUT2D eigenvalue weighted by Gasteiger charge is -2.10. The maximum atomic E-state index is 12.1. The van der Waals surface area contributed by atoms with Crippen molar-refractivity contribution in [1.82, 2.24) is 4.57 Å². The van der Waals surface area contributed by atoms with E-state index in [1.54, 1.807) is 10.6 Å². The van der Waals surface area contributed by atoms with E-state index in [9.17, 15) is 9.90 Å². The van der Waals surface area contributed by atoms with Crippen LogP contribution in [0.2, 0.25) is 0 Å². The molecule has 0 unspecified atom stereocenters. The van der Waals surface area contributed by atoms with Crippen molar-refractivity contribution in [2.45, 2.75) is 19.9 Å². The van der Waals surface area contributed by atoms with E-state index in [0.717, 1.165) is 14.5 Å². The van der Waals surface area contributed by atoms with Crippen LogP contribution in [0.4, 0.5) is 5.69 Å². The van der Waals surface area contributed by atoms with Gasteiger partial charge in [-0.2, -0.15) is 0 Å². The molecule has 0 saturated carbocycles. The quantitative estimate of drug-likeness (QED) is 0.432. The maximum Gasteiger partial charge on any atom is 0.302 e. The molecule has 1 amide bonds. The highest BCUT2D eigenvalue weighted by molar-refractivity contribution is 9.10. The number of nitrogens with zero attached hydrogens (tertiary/aromatic N) is 3. The normalized spacial score (nSPS) is 11.6. The predicted octanol–water partition coefficient (Wildman–Crippen LogP) is 6.14. The number of hydrogen-bond acceptors (Lipinski definition) is 4. The van der Waals surface area contributed by atoms with Gasteiger partial charge in [-0.25, -0.2) is 0 Å². The highest BCUT2D eigenvalue weighted by atomic mass is 79.9. The predicted molar refractivity (Wildman–Crippen MR) is 111 cm³/mol. The third-order valence-electron chi connectivity index (χ3n) is 3.88. The molecular formula is C19H17Br2N3O3. The summed E-state index contributed by atoms with van der Waals surface area (Å²) in [6.07, 6.45) is 0. The van der Waals surface area contributed by atoms with Crippen molar-refractivity contribution in [3.05, 3.63) is 51.4 Å². The largest absolute Gasteiger partial charge is 0.493 e. The second-order valence-electron chi connectivity index (χ2n) is 6.11. The minimum Gasteiger partial charge on any atom is -0.493 e. The molecule has 0 radical (unpaired) electrons. The van der Waals surface area contributed by atoms with E-state index >= 15 is 0 Å². The molecule has 0 saturated heterocycles. The van der Waals surface area contributed by atoms with Gasteiger partial charge in [0.25, 0.3) is 0 Å². The van der Waals surface area contributed by atoms with Crippen LogP contribution in [0.1, 0.15) is 19.9 Å². The zero-order chi connectivity index (χ0) is 19.6. The van der Waals surface area contributed by atoms with Gasteiger partial charge < -0.3 is 14.4 Å². The first-order chi connectivity index (χ1) is 12.9. The van der Waals surface area contributed by atoms with E-state index < -0.39 is 5.91 Å². The van der Waals surface area contributed by atoms with Crippen molar-refractivity contribution in [3.8, 4) is 11.6 Å². The van der Waals surface area contributed by atoms with Gasteiger partial charge in [0.2, 0.25) is 5.88 Å². The maximum absolute atomic E-state index is 12.1. The van der Waals surface area contributed by atoms with Crippen LogP contribution < -0.4 is 4.74 Å². The molecule has 27 heavy (non-hydrogen) atoms. The minimum absolute atomic E-state index is 0.0205. The molecule has 0 spiro atoms. The summed E-state index contributed by atoms with van der Waals surface area (Å²) < 4.78 is 8.78. The number of fused-ring (bicyclic) bond motifs is 1. The molecule has 1 heterocycles. The number of aromatic nitrogens is 1. The summed E-state index contributed by atoms with van der Waals surface area (Å²) in [6.45, 7) is 3.66. The molecule has 0 fully saturated rings. The summed E-state index contributed by atoms with van der Waals surface area (Å²) in [4.78, 5) is 12.1. The van der Waals surface area contributed by atoms with Crippen molar-refractivity contribution in [2.75, 3.05) is 6.61 Å². The average Bonchev–Trinajstić information content (AvgIpc) is 2.90. The number of carbonyl (C=O) groups excluding carboxylic acids is 1. The Hall–Kier alpha value is -2.19. The fourth-order valence-corrected chi connectivity index (χ4v) is 3.47. The van der Waals surface area contributed by atoms with Crippen LogP contribution in [0, 0.1) is 0 Å². The Morgan fingerprint density at radius 2 is 1.96 bits per heavy atom. The number of hydrogen-bond donors (Lipinski definition) is 1. The summed E-state index contributed by atoms with van der Waals surface area (Å²) >= 11 is 6.77. The van der Waals surface area contributed by atoms with Crippen molar-refractivity contribution in [2.24, 2.45) is 10.2 Å². The fourth-order valence-electron chi connectivity index (χ4n) is 2.71. The molecular weight excluding hydrogens is 478 g/mol. The average molecular weight is 495 g/mol. The number of halogens is 2. The molecule has 8 heteroatoms. The van der Waals surface area contributed by atoms with Gasteiger partial charge in [0.1, 0.15) is 5.75 Å². The number of para-hydroxylation sites is 1. The summed E-state index contributed by atoms with van der Waals surface area (Å²) in [5.74, 6) is -0.0313. The van der Waals surface area contributed by atoms with Crippen LogP contribution in [0.3, 0.4) is 0 Å². The molecule has 0 aliphatic heterocycles. The number of rotatable bonds is 5. The van der Waals surface area contributed by atoms with E-state index in [1.807, 2.05) is 50.2 Å². The topological polar surface area (TPSA) is 76.2 Å². The Morgan fingerprint density at radius 3 is 2.67 bits per heavy atom.